The summed E-state index contributed by atoms with van der Waals surface area (Å²) in [4.78, 5) is 45.3. The van der Waals surface area contributed by atoms with Crippen molar-refractivity contribution in [3.05, 3.63) is 33.2 Å². The number of amides is 1. The van der Waals surface area contributed by atoms with E-state index in [2.05, 4.69) is 35.6 Å². The Morgan fingerprint density at radius 1 is 1.11 bits per heavy atom. The molecule has 6 rings (SSSR count). The third kappa shape index (κ3) is 5.72. The maximum absolute atomic E-state index is 12.4. The quantitative estimate of drug-likeness (QED) is 0.271. The molecule has 0 bridgehead atoms. The smallest absolute Gasteiger partial charge is 0.326 e. The van der Waals surface area contributed by atoms with Crippen LogP contribution >= 0.6 is 0 Å². The van der Waals surface area contributed by atoms with Gasteiger partial charge in [-0.15, -0.1) is 0 Å². The number of anilines is 1. The van der Waals surface area contributed by atoms with Gasteiger partial charge in [0, 0.05) is 30.3 Å². The topological polar surface area (TPSA) is 169 Å². The summed E-state index contributed by atoms with van der Waals surface area (Å²) in [5, 5.41) is 21.7. The predicted octanol–water partition coefficient (Wildman–Crippen LogP) is -0.218. The Labute approximate surface area is 218 Å². The molecule has 3 aromatic heterocycles. The van der Waals surface area contributed by atoms with Gasteiger partial charge in [0.25, 0.3) is 5.62 Å². The zero-order chi connectivity index (χ0) is 26.1. The molecule has 13 nitrogen and oxygen atoms in total. The number of hydrogen-bond donors (Lipinski definition) is 5. The van der Waals surface area contributed by atoms with E-state index < -0.39 is 5.69 Å². The van der Waals surface area contributed by atoms with Gasteiger partial charge in [0.2, 0.25) is 17.7 Å². The first-order chi connectivity index (χ1) is 18.5. The third-order valence-electron chi connectivity index (χ3n) is 7.54. The number of imidazole rings is 1. The Kier molecular flexibility index (Phi) is 6.83. The summed E-state index contributed by atoms with van der Waals surface area (Å²) < 4.78 is 1.59. The van der Waals surface area contributed by atoms with E-state index in [1.54, 1.807) is 16.8 Å². The van der Waals surface area contributed by atoms with Gasteiger partial charge in [0.15, 0.2) is 5.65 Å². The lowest BCUT2D eigenvalue weighted by atomic mass is 9.91. The number of H-pyrrole nitrogens is 2. The van der Waals surface area contributed by atoms with E-state index in [-0.39, 0.29) is 35.6 Å². The Balaban J connectivity index is 1.14. The van der Waals surface area contributed by atoms with Crippen LogP contribution in [0.2, 0.25) is 0 Å². The van der Waals surface area contributed by atoms with Crippen LogP contribution in [0.1, 0.15) is 63.5 Å². The van der Waals surface area contributed by atoms with Crippen molar-refractivity contribution in [1.82, 2.24) is 39.8 Å². The van der Waals surface area contributed by atoms with E-state index in [1.165, 1.54) is 12.8 Å². The predicted molar refractivity (Wildman–Crippen MR) is 139 cm³/mol. The summed E-state index contributed by atoms with van der Waals surface area (Å²) in [5.74, 6) is 0.370. The van der Waals surface area contributed by atoms with Gasteiger partial charge in [0.1, 0.15) is 5.69 Å². The van der Waals surface area contributed by atoms with Crippen LogP contribution in [0, 0.1) is 0 Å². The Morgan fingerprint density at radius 3 is 2.58 bits per heavy atom. The highest BCUT2D eigenvalue weighted by Crippen LogP contribution is 2.23. The first kappa shape index (κ1) is 24.6. The van der Waals surface area contributed by atoms with E-state index in [9.17, 15) is 14.7 Å². The van der Waals surface area contributed by atoms with Crippen LogP contribution in [0.5, 0.6) is 5.88 Å². The van der Waals surface area contributed by atoms with Gasteiger partial charge in [-0.1, -0.05) is 0 Å². The minimum Gasteiger partial charge on any atom is -0.493 e. The molecule has 1 amide bonds. The highest BCUT2D eigenvalue weighted by atomic mass is 16.3. The summed E-state index contributed by atoms with van der Waals surface area (Å²) in [6.07, 6.45) is 11.9. The lowest BCUT2D eigenvalue weighted by Gasteiger charge is -2.29. The molecule has 0 atom stereocenters. The van der Waals surface area contributed by atoms with Crippen molar-refractivity contribution < 1.29 is 9.90 Å². The van der Waals surface area contributed by atoms with Gasteiger partial charge in [-0.25, -0.2) is 9.79 Å². The maximum atomic E-state index is 12.4. The number of nitrogens with zero attached hydrogens (tertiary/aromatic N) is 6. The van der Waals surface area contributed by atoms with Crippen LogP contribution in [0.25, 0.3) is 11.7 Å². The van der Waals surface area contributed by atoms with Crippen LogP contribution in [0.4, 0.5) is 5.95 Å². The number of carbonyl (C=O) groups is 1. The highest BCUT2D eigenvalue weighted by Gasteiger charge is 2.24. The summed E-state index contributed by atoms with van der Waals surface area (Å²) in [6, 6.07) is 0.631. The zero-order valence-corrected chi connectivity index (χ0v) is 21.3. The van der Waals surface area contributed by atoms with Gasteiger partial charge < -0.3 is 25.6 Å². The fraction of sp³-hybridized carbons (Fsp3) is 0.600. The van der Waals surface area contributed by atoms with Crippen LogP contribution in [0.15, 0.2) is 16.0 Å². The number of nitrogens with one attached hydrogen (secondary N) is 4. The van der Waals surface area contributed by atoms with E-state index in [0.717, 1.165) is 58.2 Å². The summed E-state index contributed by atoms with van der Waals surface area (Å²) in [5.41, 5.74) is 0.761. The molecule has 0 aromatic carbocycles. The molecule has 2 aliphatic carbocycles. The molecule has 0 radical (unpaired) electrons. The van der Waals surface area contributed by atoms with Crippen LogP contribution < -0.4 is 27.2 Å². The molecule has 1 saturated heterocycles. The van der Waals surface area contributed by atoms with Crippen molar-refractivity contribution in [3.63, 3.8) is 0 Å². The molecule has 0 spiro atoms. The van der Waals surface area contributed by atoms with Crippen LogP contribution in [-0.4, -0.2) is 83.2 Å². The lowest BCUT2D eigenvalue weighted by Crippen LogP contribution is -2.41. The number of fused-ring (bicyclic) bond motifs is 1. The molecule has 202 valence electrons. The van der Waals surface area contributed by atoms with Gasteiger partial charge in [-0.3, -0.25) is 9.78 Å². The highest BCUT2D eigenvalue weighted by molar-refractivity contribution is 5.76. The number of aromatic nitrogens is 6. The minimum atomic E-state index is -0.495. The number of hydrogen-bond acceptors (Lipinski definition) is 9. The van der Waals surface area contributed by atoms with E-state index in [1.807, 2.05) is 0 Å². The van der Waals surface area contributed by atoms with Gasteiger partial charge >= 0.3 is 5.69 Å². The zero-order valence-electron chi connectivity index (χ0n) is 21.3. The van der Waals surface area contributed by atoms with Crippen molar-refractivity contribution >= 4 is 23.6 Å². The maximum Gasteiger partial charge on any atom is 0.326 e. The fourth-order valence-corrected chi connectivity index (χ4v) is 5.28. The molecule has 13 heteroatoms. The molecular weight excluding hydrogens is 488 g/mol. The monoisotopic (exact) mass is 522 g/mol. The fourth-order valence-electron chi connectivity index (χ4n) is 5.28. The molecule has 3 aromatic rings. The molecule has 3 fully saturated rings. The van der Waals surface area contributed by atoms with Crippen molar-refractivity contribution in [2.75, 3.05) is 25.0 Å². The SMILES string of the molecule is O=C(CCN1CCCC1)NC1CCC(Nc2nc(=NC3CC3)n3ncc(=Cc4[nH]c(=O)[nH]c4O)c3n2)CC1. The van der Waals surface area contributed by atoms with E-state index in [0.29, 0.717) is 28.9 Å². The van der Waals surface area contributed by atoms with Crippen molar-refractivity contribution in [1.29, 1.82) is 0 Å². The average Bonchev–Trinajstić information content (AvgIpc) is 3.24. The number of aromatic hydroxyl groups is 1. The lowest BCUT2D eigenvalue weighted by molar-refractivity contribution is -0.122. The Bertz CT molecular complexity index is 1470. The molecule has 38 heavy (non-hydrogen) atoms. The first-order valence-electron chi connectivity index (χ1n) is 13.6. The molecule has 3 aliphatic rings. The second-order valence-electron chi connectivity index (χ2n) is 10.6. The first-order valence-corrected chi connectivity index (χ1v) is 13.6. The van der Waals surface area contributed by atoms with Crippen LogP contribution in [-0.2, 0) is 4.79 Å². The van der Waals surface area contributed by atoms with Crippen LogP contribution in [0.3, 0.4) is 0 Å². The second-order valence-corrected chi connectivity index (χ2v) is 10.6. The van der Waals surface area contributed by atoms with Crippen molar-refractivity contribution in [3.8, 4) is 5.88 Å². The number of carbonyl (C=O) groups excluding carboxylic acids is 1. The Hall–Kier alpha value is -3.74. The van der Waals surface area contributed by atoms with Crippen molar-refractivity contribution in [2.45, 2.75) is 75.9 Å². The van der Waals surface area contributed by atoms with Gasteiger partial charge in [0.05, 0.1) is 12.2 Å². The van der Waals surface area contributed by atoms with E-state index in [4.69, 9.17) is 9.98 Å². The third-order valence-corrected chi connectivity index (χ3v) is 7.54. The van der Waals surface area contributed by atoms with Gasteiger partial charge in [-0.05, 0) is 70.5 Å². The summed E-state index contributed by atoms with van der Waals surface area (Å²) in [6.45, 7) is 3.07. The largest absolute Gasteiger partial charge is 0.493 e. The number of likely N-dealkylation sites (tertiary alicyclic amines) is 1. The molecule has 1 aliphatic heterocycles. The summed E-state index contributed by atoms with van der Waals surface area (Å²) >= 11 is 0. The van der Waals surface area contributed by atoms with E-state index >= 15 is 0 Å². The minimum absolute atomic E-state index is 0.146. The summed E-state index contributed by atoms with van der Waals surface area (Å²) in [7, 11) is 0. The van der Waals surface area contributed by atoms with Gasteiger partial charge in [-0.2, -0.15) is 19.6 Å². The molecule has 2 saturated carbocycles. The molecule has 4 heterocycles. The molecule has 0 unspecified atom stereocenters. The molecule has 5 N–H and O–H groups in total. The normalized spacial score (nSPS) is 23.4. The second kappa shape index (κ2) is 10.6. The average molecular weight is 523 g/mol. The Morgan fingerprint density at radius 2 is 1.87 bits per heavy atom. The molecular formula is C25H34N10O3. The number of rotatable bonds is 8. The van der Waals surface area contributed by atoms with Crippen molar-refractivity contribution in [2.24, 2.45) is 4.99 Å². The number of aromatic amines is 2. The standard InChI is InChI=1S/C25H34N10O3/c36-20(9-12-34-10-1-2-11-34)27-16-3-5-17(6-4-16)28-23-31-21-15(13-19-22(37)32-25(38)30-19)14-26-35(21)24(33-23)29-18-7-8-18/h13-14,16-18,37H,1-12H2,(H,27,36)(H,28,29,33)(H2,30,32,38).